The second-order valence-corrected chi connectivity index (χ2v) is 11.7. The van der Waals surface area contributed by atoms with Crippen molar-refractivity contribution in [1.82, 2.24) is 9.80 Å². The van der Waals surface area contributed by atoms with Crippen LogP contribution in [0.25, 0.3) is 0 Å². The monoisotopic (exact) mass is 536 g/mol. The van der Waals surface area contributed by atoms with Crippen LogP contribution in [0, 0.1) is 5.92 Å². The van der Waals surface area contributed by atoms with Crippen LogP contribution in [0.4, 0.5) is 0 Å². The van der Waals surface area contributed by atoms with Crippen LogP contribution in [0.2, 0.25) is 0 Å². The molecule has 3 aliphatic rings. The van der Waals surface area contributed by atoms with Gasteiger partial charge in [0.05, 0.1) is 19.1 Å². The van der Waals surface area contributed by atoms with Crippen LogP contribution in [0.15, 0.2) is 78.9 Å². The summed E-state index contributed by atoms with van der Waals surface area (Å²) in [6.07, 6.45) is 8.52. The zero-order valence-electron chi connectivity index (χ0n) is 23.5. The van der Waals surface area contributed by atoms with Gasteiger partial charge in [0.15, 0.2) is 0 Å². The van der Waals surface area contributed by atoms with Gasteiger partial charge in [-0.2, -0.15) is 0 Å². The van der Waals surface area contributed by atoms with Gasteiger partial charge in [-0.15, -0.1) is 0 Å². The van der Waals surface area contributed by atoms with Crippen molar-refractivity contribution in [1.29, 1.82) is 0 Å². The summed E-state index contributed by atoms with van der Waals surface area (Å²) in [5, 5.41) is 0. The number of carbonyl (C=O) groups excluding carboxylic acids is 2. The number of fused-ring (bicyclic) bond motifs is 1. The Labute approximate surface area is 238 Å². The summed E-state index contributed by atoms with van der Waals surface area (Å²) < 4.78 is 5.44. The van der Waals surface area contributed by atoms with Crippen LogP contribution in [0.3, 0.4) is 0 Å². The van der Waals surface area contributed by atoms with Crippen molar-refractivity contribution < 1.29 is 14.3 Å². The van der Waals surface area contributed by atoms with Gasteiger partial charge in [0, 0.05) is 24.7 Å². The van der Waals surface area contributed by atoms with Crippen molar-refractivity contribution in [2.75, 3.05) is 20.2 Å². The molecule has 0 N–H and O–H groups in total. The number of hydrogen-bond donors (Lipinski definition) is 0. The first kappa shape index (κ1) is 26.6. The van der Waals surface area contributed by atoms with E-state index in [0.29, 0.717) is 11.5 Å². The minimum Gasteiger partial charge on any atom is -0.497 e. The minimum atomic E-state index is -0.421. The van der Waals surface area contributed by atoms with Crippen molar-refractivity contribution in [3.05, 3.63) is 101 Å². The Hall–Kier alpha value is -3.60. The van der Waals surface area contributed by atoms with E-state index in [1.54, 1.807) is 7.11 Å². The van der Waals surface area contributed by atoms with Gasteiger partial charge in [0.25, 0.3) is 5.91 Å². The lowest BCUT2D eigenvalue weighted by Gasteiger charge is -2.48. The smallest absolute Gasteiger partial charge is 0.254 e. The third kappa shape index (κ3) is 5.26. The number of methoxy groups -OCH3 is 1. The topological polar surface area (TPSA) is 49.9 Å². The molecule has 6 rings (SSSR count). The molecule has 1 saturated carbocycles. The predicted molar refractivity (Wildman–Crippen MR) is 157 cm³/mol. The third-order valence-corrected chi connectivity index (χ3v) is 9.36. The fraction of sp³-hybridized carbons (Fsp3) is 0.429. The van der Waals surface area contributed by atoms with Crippen LogP contribution in [-0.2, 0) is 11.2 Å². The van der Waals surface area contributed by atoms with Gasteiger partial charge in [-0.1, -0.05) is 79.9 Å². The minimum absolute atomic E-state index is 0.0638. The Bertz CT molecular complexity index is 1310. The fourth-order valence-electron chi connectivity index (χ4n) is 7.24. The van der Waals surface area contributed by atoms with Gasteiger partial charge in [-0.25, -0.2) is 0 Å². The van der Waals surface area contributed by atoms with E-state index in [0.717, 1.165) is 74.9 Å². The van der Waals surface area contributed by atoms with Gasteiger partial charge in [-0.3, -0.25) is 9.59 Å². The molecular weight excluding hydrogens is 496 g/mol. The highest BCUT2D eigenvalue weighted by Crippen LogP contribution is 2.47. The SMILES string of the molecule is COc1ccc(C2C(C(=O)N3CCC(Cc4ccccc4)CC3)c3ccccc3C(=O)N2C2CCCCC2)cc1. The van der Waals surface area contributed by atoms with Crippen LogP contribution < -0.4 is 4.74 Å². The van der Waals surface area contributed by atoms with E-state index in [4.69, 9.17) is 4.74 Å². The van der Waals surface area contributed by atoms with Crippen LogP contribution in [-0.4, -0.2) is 47.9 Å². The lowest BCUT2D eigenvalue weighted by molar-refractivity contribution is -0.136. The molecule has 2 amide bonds. The first-order valence-electron chi connectivity index (χ1n) is 15.0. The molecule has 3 aromatic rings. The van der Waals surface area contributed by atoms with Crippen LogP contribution in [0.5, 0.6) is 5.75 Å². The Kier molecular flexibility index (Phi) is 7.90. The van der Waals surface area contributed by atoms with Gasteiger partial charge in [0.1, 0.15) is 5.75 Å². The van der Waals surface area contributed by atoms with Gasteiger partial charge >= 0.3 is 0 Å². The Morgan fingerprint density at radius 3 is 2.20 bits per heavy atom. The molecule has 0 spiro atoms. The van der Waals surface area contributed by atoms with E-state index in [1.807, 2.05) is 48.5 Å². The molecule has 2 atom stereocenters. The largest absolute Gasteiger partial charge is 0.497 e. The molecule has 2 unspecified atom stereocenters. The first-order valence-corrected chi connectivity index (χ1v) is 15.0. The number of ether oxygens (including phenoxy) is 1. The molecule has 5 heteroatoms. The summed E-state index contributed by atoms with van der Waals surface area (Å²) in [6, 6.07) is 26.3. The Morgan fingerprint density at radius 1 is 0.825 bits per heavy atom. The van der Waals surface area contributed by atoms with Crippen LogP contribution >= 0.6 is 0 Å². The third-order valence-electron chi connectivity index (χ3n) is 9.36. The molecule has 208 valence electrons. The normalized spacial score (nSPS) is 22.2. The van der Waals surface area contributed by atoms with E-state index in [2.05, 4.69) is 40.1 Å². The highest BCUT2D eigenvalue weighted by atomic mass is 16.5. The van der Waals surface area contributed by atoms with E-state index in [1.165, 1.54) is 12.0 Å². The first-order chi connectivity index (χ1) is 19.6. The lowest BCUT2D eigenvalue weighted by atomic mass is 9.76. The molecule has 0 radical (unpaired) electrons. The molecule has 1 aliphatic carbocycles. The molecule has 0 aromatic heterocycles. The summed E-state index contributed by atoms with van der Waals surface area (Å²) in [6.45, 7) is 1.53. The summed E-state index contributed by atoms with van der Waals surface area (Å²) in [4.78, 5) is 32.9. The number of amides is 2. The second-order valence-electron chi connectivity index (χ2n) is 11.7. The molecule has 2 fully saturated rings. The van der Waals surface area contributed by atoms with E-state index >= 15 is 0 Å². The highest BCUT2D eigenvalue weighted by Gasteiger charge is 2.48. The van der Waals surface area contributed by atoms with Gasteiger partial charge in [-0.05, 0) is 72.9 Å². The standard InChI is InChI=1S/C35H40N2O3/c1-40-29-18-16-27(17-19-29)33-32(35(39)36-22-20-26(21-23-36)24-25-10-4-2-5-11-25)30-14-8-9-15-31(30)34(38)37(33)28-12-6-3-7-13-28/h2,4-5,8-11,14-19,26,28,32-33H,3,6-7,12-13,20-24H2,1H3. The van der Waals surface area contributed by atoms with Crippen molar-refractivity contribution in [2.45, 2.75) is 69.4 Å². The van der Waals surface area contributed by atoms with Crippen molar-refractivity contribution in [2.24, 2.45) is 5.92 Å². The molecule has 40 heavy (non-hydrogen) atoms. The summed E-state index contributed by atoms with van der Waals surface area (Å²) in [7, 11) is 1.66. The predicted octanol–water partition coefficient (Wildman–Crippen LogP) is 6.79. The van der Waals surface area contributed by atoms with Gasteiger partial charge < -0.3 is 14.5 Å². The van der Waals surface area contributed by atoms with Crippen molar-refractivity contribution >= 4 is 11.8 Å². The van der Waals surface area contributed by atoms with Crippen molar-refractivity contribution in [3.63, 3.8) is 0 Å². The zero-order valence-corrected chi connectivity index (χ0v) is 23.5. The van der Waals surface area contributed by atoms with Gasteiger partial charge in [0.2, 0.25) is 5.91 Å². The number of nitrogens with zero attached hydrogens (tertiary/aromatic N) is 2. The Morgan fingerprint density at radius 2 is 1.50 bits per heavy atom. The maximum absolute atomic E-state index is 14.6. The molecule has 1 saturated heterocycles. The molecule has 5 nitrogen and oxygen atoms in total. The summed E-state index contributed by atoms with van der Waals surface area (Å²) >= 11 is 0. The lowest BCUT2D eigenvalue weighted by Crippen LogP contribution is -2.53. The maximum Gasteiger partial charge on any atom is 0.254 e. The molecule has 3 aromatic carbocycles. The number of rotatable bonds is 6. The summed E-state index contributed by atoms with van der Waals surface area (Å²) in [5.74, 6) is 1.16. The number of benzene rings is 3. The molecule has 2 heterocycles. The second kappa shape index (κ2) is 11.9. The number of hydrogen-bond acceptors (Lipinski definition) is 3. The fourth-order valence-corrected chi connectivity index (χ4v) is 7.24. The average molecular weight is 537 g/mol. The number of likely N-dealkylation sites (tertiary alicyclic amines) is 1. The number of carbonyl (C=O) groups is 2. The number of piperidine rings is 1. The average Bonchev–Trinajstić information content (AvgIpc) is 3.02. The van der Waals surface area contributed by atoms with Crippen LogP contribution in [0.1, 0.15) is 84.0 Å². The quantitative estimate of drug-likeness (QED) is 0.349. The maximum atomic E-state index is 14.6. The molecule has 0 bridgehead atoms. The van der Waals surface area contributed by atoms with E-state index in [-0.39, 0.29) is 23.9 Å². The molecule has 2 aliphatic heterocycles. The summed E-state index contributed by atoms with van der Waals surface area (Å²) in [5.41, 5.74) is 3.94. The van der Waals surface area contributed by atoms with Crippen molar-refractivity contribution in [3.8, 4) is 5.75 Å². The zero-order chi connectivity index (χ0) is 27.5. The highest BCUT2D eigenvalue weighted by molar-refractivity contribution is 6.01. The van der Waals surface area contributed by atoms with E-state index in [9.17, 15) is 9.59 Å². The molecular formula is C35H40N2O3. The van der Waals surface area contributed by atoms with E-state index < -0.39 is 5.92 Å². The Balaban J connectivity index is 1.33.